The van der Waals surface area contributed by atoms with Crippen LogP contribution in [0.25, 0.3) is 11.6 Å². The van der Waals surface area contributed by atoms with Crippen LogP contribution in [0, 0.1) is 5.82 Å². The number of carbonyl (C=O) groups excluding carboxylic acids is 2. The van der Waals surface area contributed by atoms with Crippen LogP contribution in [0.2, 0.25) is 0 Å². The lowest BCUT2D eigenvalue weighted by molar-refractivity contribution is 0.0594. The minimum absolute atomic E-state index is 0.263. The SMILES string of the molecule is CCOC(=O)N1CCN([C@H](c2ccccc2F)C2Sc3nc(-c4ccco4)nn3C2=O)CC1. The lowest BCUT2D eigenvalue weighted by Crippen LogP contribution is -2.52. The van der Waals surface area contributed by atoms with Gasteiger partial charge in [0.2, 0.25) is 5.82 Å². The number of halogens is 1. The summed E-state index contributed by atoms with van der Waals surface area (Å²) in [7, 11) is 0. The van der Waals surface area contributed by atoms with Crippen LogP contribution in [-0.2, 0) is 4.74 Å². The number of furan rings is 1. The molecule has 11 heteroatoms. The second-order valence-corrected chi connectivity index (χ2v) is 8.78. The molecule has 0 bridgehead atoms. The highest BCUT2D eigenvalue weighted by Gasteiger charge is 2.45. The molecule has 0 aliphatic carbocycles. The second kappa shape index (κ2) is 8.99. The van der Waals surface area contributed by atoms with Crippen molar-refractivity contribution in [1.82, 2.24) is 24.6 Å². The number of nitrogens with zero attached hydrogens (tertiary/aromatic N) is 5. The van der Waals surface area contributed by atoms with Gasteiger partial charge in [0.15, 0.2) is 10.9 Å². The van der Waals surface area contributed by atoms with Crippen molar-refractivity contribution in [2.75, 3.05) is 32.8 Å². The van der Waals surface area contributed by atoms with Crippen molar-refractivity contribution < 1.29 is 23.1 Å². The van der Waals surface area contributed by atoms with Gasteiger partial charge in [-0.15, -0.1) is 5.10 Å². The van der Waals surface area contributed by atoms with E-state index in [1.807, 2.05) is 4.90 Å². The van der Waals surface area contributed by atoms with Gasteiger partial charge in [0, 0.05) is 31.7 Å². The van der Waals surface area contributed by atoms with Crippen molar-refractivity contribution >= 4 is 23.8 Å². The van der Waals surface area contributed by atoms with Gasteiger partial charge in [-0.2, -0.15) is 9.67 Å². The lowest BCUT2D eigenvalue weighted by Gasteiger charge is -2.40. The van der Waals surface area contributed by atoms with E-state index in [0.717, 1.165) is 0 Å². The van der Waals surface area contributed by atoms with Crippen LogP contribution in [0.4, 0.5) is 9.18 Å². The Hall–Kier alpha value is -3.18. The van der Waals surface area contributed by atoms with Gasteiger partial charge in [0.25, 0.3) is 5.91 Å². The molecule has 5 rings (SSSR count). The molecule has 2 aromatic heterocycles. The molecule has 1 amide bonds. The van der Waals surface area contributed by atoms with Gasteiger partial charge < -0.3 is 14.1 Å². The predicted octanol–water partition coefficient (Wildman–Crippen LogP) is 3.31. The van der Waals surface area contributed by atoms with Crippen LogP contribution < -0.4 is 0 Å². The van der Waals surface area contributed by atoms with Gasteiger partial charge in [-0.1, -0.05) is 30.0 Å². The highest BCUT2D eigenvalue weighted by Crippen LogP contribution is 2.42. The smallest absolute Gasteiger partial charge is 0.409 e. The maximum Gasteiger partial charge on any atom is 0.409 e. The molecule has 0 radical (unpaired) electrons. The fourth-order valence-corrected chi connectivity index (χ4v) is 5.42. The number of carbonyl (C=O) groups is 2. The number of ether oxygens (including phenoxy) is 1. The quantitative estimate of drug-likeness (QED) is 0.560. The van der Waals surface area contributed by atoms with Gasteiger partial charge >= 0.3 is 6.09 Å². The molecule has 1 aromatic carbocycles. The van der Waals surface area contributed by atoms with Crippen molar-refractivity contribution in [3.63, 3.8) is 0 Å². The van der Waals surface area contributed by atoms with Gasteiger partial charge in [0.05, 0.1) is 18.9 Å². The van der Waals surface area contributed by atoms with Crippen molar-refractivity contribution in [2.45, 2.75) is 23.4 Å². The fraction of sp³-hybridized carbons (Fsp3) is 0.364. The fourth-order valence-electron chi connectivity index (χ4n) is 4.18. The molecule has 1 fully saturated rings. The van der Waals surface area contributed by atoms with E-state index >= 15 is 0 Å². The van der Waals surface area contributed by atoms with Crippen molar-refractivity contribution in [1.29, 1.82) is 0 Å². The summed E-state index contributed by atoms with van der Waals surface area (Å²) in [5.41, 5.74) is 0.435. The summed E-state index contributed by atoms with van der Waals surface area (Å²) in [5, 5.41) is 4.14. The third kappa shape index (κ3) is 4.02. The molecule has 0 spiro atoms. The van der Waals surface area contributed by atoms with Crippen molar-refractivity contribution in [3.8, 4) is 11.6 Å². The third-order valence-electron chi connectivity index (χ3n) is 5.75. The Morgan fingerprint density at radius 3 is 2.70 bits per heavy atom. The second-order valence-electron chi connectivity index (χ2n) is 7.67. The summed E-state index contributed by atoms with van der Waals surface area (Å²) in [6.07, 6.45) is 1.16. The van der Waals surface area contributed by atoms with Crippen molar-refractivity contribution in [2.24, 2.45) is 0 Å². The number of benzene rings is 1. The minimum atomic E-state index is -0.628. The zero-order valence-electron chi connectivity index (χ0n) is 17.9. The first-order valence-corrected chi connectivity index (χ1v) is 11.6. The highest BCUT2D eigenvalue weighted by molar-refractivity contribution is 8.00. The van der Waals surface area contributed by atoms with Crippen molar-refractivity contribution in [3.05, 3.63) is 54.0 Å². The molecule has 0 saturated carbocycles. The Labute approximate surface area is 193 Å². The van der Waals surface area contributed by atoms with Crippen LogP contribution in [0.3, 0.4) is 0 Å². The van der Waals surface area contributed by atoms with Crippen LogP contribution in [0.1, 0.15) is 23.3 Å². The Morgan fingerprint density at radius 1 is 1.24 bits per heavy atom. The molecular formula is C22H22FN5O4S. The van der Waals surface area contributed by atoms with E-state index in [0.29, 0.717) is 55.1 Å². The third-order valence-corrected chi connectivity index (χ3v) is 6.94. The van der Waals surface area contributed by atoms with E-state index in [1.54, 1.807) is 42.2 Å². The van der Waals surface area contributed by atoms with Gasteiger partial charge in [-0.3, -0.25) is 9.69 Å². The molecule has 1 unspecified atom stereocenters. The maximum atomic E-state index is 14.9. The average Bonchev–Trinajstić information content (AvgIpc) is 3.55. The molecule has 1 saturated heterocycles. The number of rotatable bonds is 5. The molecule has 9 nitrogen and oxygen atoms in total. The number of fused-ring (bicyclic) bond motifs is 1. The Kier molecular flexibility index (Phi) is 5.90. The Bertz CT molecular complexity index is 1160. The first-order valence-electron chi connectivity index (χ1n) is 10.7. The van der Waals surface area contributed by atoms with E-state index < -0.39 is 11.3 Å². The van der Waals surface area contributed by atoms with Gasteiger partial charge in [-0.25, -0.2) is 9.18 Å². The zero-order chi connectivity index (χ0) is 22.9. The average molecular weight is 472 g/mol. The summed E-state index contributed by atoms with van der Waals surface area (Å²) >= 11 is 1.27. The molecule has 2 aliphatic heterocycles. The number of thioether (sulfide) groups is 1. The van der Waals surface area contributed by atoms with Gasteiger partial charge in [-0.05, 0) is 25.1 Å². The molecular weight excluding hydrogens is 449 g/mol. The van der Waals surface area contributed by atoms with Gasteiger partial charge in [0.1, 0.15) is 11.1 Å². The molecule has 2 aliphatic rings. The standard InChI is InChI=1S/C22H22FN5O4S/c1-2-31-22(30)27-11-9-26(10-12-27)17(14-6-3-4-7-15(14)23)18-20(29)28-21(33-18)24-19(25-28)16-8-5-13-32-16/h3-8,13,17-18H,2,9-12H2,1H3/t17-,18?/m1/s1. The molecule has 33 heavy (non-hydrogen) atoms. The van der Waals surface area contributed by atoms with E-state index in [4.69, 9.17) is 9.15 Å². The summed E-state index contributed by atoms with van der Waals surface area (Å²) in [6, 6.07) is 9.40. The van der Waals surface area contributed by atoms with E-state index in [-0.39, 0.29) is 17.8 Å². The predicted molar refractivity (Wildman–Crippen MR) is 117 cm³/mol. The minimum Gasteiger partial charge on any atom is -0.461 e. The van der Waals surface area contributed by atoms with E-state index in [2.05, 4.69) is 10.1 Å². The number of hydrogen-bond donors (Lipinski definition) is 0. The van der Waals surface area contributed by atoms with Crippen LogP contribution in [0.15, 0.2) is 52.2 Å². The first kappa shape index (κ1) is 21.7. The summed E-state index contributed by atoms with van der Waals surface area (Å²) in [6.45, 7) is 3.90. The Morgan fingerprint density at radius 2 is 2.03 bits per heavy atom. The van der Waals surface area contributed by atoms with E-state index in [9.17, 15) is 14.0 Å². The normalized spacial score (nSPS) is 19.5. The number of piperazine rings is 1. The summed E-state index contributed by atoms with van der Waals surface area (Å²) in [4.78, 5) is 33.6. The monoisotopic (exact) mass is 471 g/mol. The largest absolute Gasteiger partial charge is 0.461 e. The maximum absolute atomic E-state index is 14.9. The molecule has 2 atom stereocenters. The van der Waals surface area contributed by atoms with Crippen LogP contribution in [-0.4, -0.2) is 74.6 Å². The zero-order valence-corrected chi connectivity index (χ0v) is 18.7. The molecule has 3 aromatic rings. The Balaban J connectivity index is 1.41. The summed E-state index contributed by atoms with van der Waals surface area (Å²) < 4.78 is 26.6. The molecule has 4 heterocycles. The first-order chi connectivity index (χ1) is 16.1. The number of aromatic nitrogens is 3. The highest BCUT2D eigenvalue weighted by atomic mass is 32.2. The summed E-state index contributed by atoms with van der Waals surface area (Å²) in [5.74, 6) is 0.168. The number of hydrogen-bond acceptors (Lipinski definition) is 8. The van der Waals surface area contributed by atoms with Crippen LogP contribution in [0.5, 0.6) is 0 Å². The number of amides is 1. The lowest BCUT2D eigenvalue weighted by atomic mass is 9.99. The molecule has 172 valence electrons. The topological polar surface area (TPSA) is 93.7 Å². The van der Waals surface area contributed by atoms with Crippen LogP contribution >= 0.6 is 11.8 Å². The molecule has 0 N–H and O–H groups in total. The van der Waals surface area contributed by atoms with E-state index in [1.165, 1.54) is 28.8 Å².